The van der Waals surface area contributed by atoms with Gasteiger partial charge in [-0.25, -0.2) is 0 Å². The number of nitrogens with zero attached hydrogens (tertiary/aromatic N) is 2. The van der Waals surface area contributed by atoms with Crippen molar-refractivity contribution in [2.45, 2.75) is 37.9 Å². The monoisotopic (exact) mass is 450 g/mol. The standard InChI is InChI=1S/C24H26N4O3S/c1-2-16-5-9-19(10-6-16)26-22(30)17-7-11-18(12-8-17)25-21(29)15-20-23(31)27-24(32-20)28-13-3-4-14-28/h5-12,20H,2-4,13-15H2,1H3,(H,25,29)(H,26,30)/t20-/m1/s1. The Kier molecular flexibility index (Phi) is 6.90. The molecular weight excluding hydrogens is 424 g/mol. The van der Waals surface area contributed by atoms with Crippen molar-refractivity contribution in [3.8, 4) is 0 Å². The summed E-state index contributed by atoms with van der Waals surface area (Å²) in [6.07, 6.45) is 3.23. The third kappa shape index (κ3) is 5.37. The van der Waals surface area contributed by atoms with E-state index in [-0.39, 0.29) is 24.1 Å². The fourth-order valence-corrected chi connectivity index (χ4v) is 4.78. The number of benzene rings is 2. The zero-order valence-electron chi connectivity index (χ0n) is 18.0. The molecule has 2 aliphatic heterocycles. The lowest BCUT2D eigenvalue weighted by molar-refractivity contribution is -0.121. The summed E-state index contributed by atoms with van der Waals surface area (Å²) >= 11 is 1.38. The first-order chi connectivity index (χ1) is 15.5. The third-order valence-electron chi connectivity index (χ3n) is 5.53. The zero-order valence-corrected chi connectivity index (χ0v) is 18.8. The number of hydrogen-bond donors (Lipinski definition) is 2. The van der Waals surface area contributed by atoms with Crippen LogP contribution in [0.4, 0.5) is 11.4 Å². The minimum atomic E-state index is -0.477. The van der Waals surface area contributed by atoms with Crippen LogP contribution >= 0.6 is 11.8 Å². The van der Waals surface area contributed by atoms with Gasteiger partial charge in [0.15, 0.2) is 5.17 Å². The van der Waals surface area contributed by atoms with E-state index in [4.69, 9.17) is 0 Å². The summed E-state index contributed by atoms with van der Waals surface area (Å²) in [6, 6.07) is 14.4. The Morgan fingerprint density at radius 1 is 1.00 bits per heavy atom. The first kappa shape index (κ1) is 22.1. The maximum atomic E-state index is 12.5. The minimum Gasteiger partial charge on any atom is -0.351 e. The molecule has 0 radical (unpaired) electrons. The van der Waals surface area contributed by atoms with Crippen LogP contribution in [0.25, 0.3) is 0 Å². The molecule has 1 saturated heterocycles. The topological polar surface area (TPSA) is 90.9 Å². The second kappa shape index (κ2) is 9.99. The molecule has 0 bridgehead atoms. The van der Waals surface area contributed by atoms with Gasteiger partial charge in [0.2, 0.25) is 5.91 Å². The molecule has 3 amide bonds. The van der Waals surface area contributed by atoms with Gasteiger partial charge in [-0.05, 0) is 61.2 Å². The van der Waals surface area contributed by atoms with Crippen LogP contribution in [0.15, 0.2) is 53.5 Å². The fourth-order valence-electron chi connectivity index (χ4n) is 3.67. The van der Waals surface area contributed by atoms with Gasteiger partial charge in [-0.2, -0.15) is 4.99 Å². The van der Waals surface area contributed by atoms with Crippen molar-refractivity contribution in [1.29, 1.82) is 0 Å². The summed E-state index contributed by atoms with van der Waals surface area (Å²) in [7, 11) is 0. The van der Waals surface area contributed by atoms with Crippen LogP contribution in [0.2, 0.25) is 0 Å². The zero-order chi connectivity index (χ0) is 22.5. The van der Waals surface area contributed by atoms with Crippen molar-refractivity contribution in [2.75, 3.05) is 23.7 Å². The van der Waals surface area contributed by atoms with Gasteiger partial charge in [-0.15, -0.1) is 0 Å². The van der Waals surface area contributed by atoms with E-state index in [1.54, 1.807) is 24.3 Å². The average Bonchev–Trinajstić information content (AvgIpc) is 3.45. The van der Waals surface area contributed by atoms with E-state index in [1.165, 1.54) is 17.3 Å². The predicted molar refractivity (Wildman–Crippen MR) is 128 cm³/mol. The number of rotatable bonds is 6. The van der Waals surface area contributed by atoms with Crippen molar-refractivity contribution < 1.29 is 14.4 Å². The van der Waals surface area contributed by atoms with Crippen molar-refractivity contribution in [3.63, 3.8) is 0 Å². The molecule has 0 saturated carbocycles. The van der Waals surface area contributed by atoms with Crippen LogP contribution in [-0.4, -0.2) is 46.1 Å². The van der Waals surface area contributed by atoms with Crippen LogP contribution in [-0.2, 0) is 16.0 Å². The predicted octanol–water partition coefficient (Wildman–Crippen LogP) is 3.92. The molecule has 166 valence electrons. The third-order valence-corrected chi connectivity index (χ3v) is 6.74. The number of aryl methyl sites for hydroxylation is 1. The number of carbonyl (C=O) groups excluding carboxylic acids is 3. The number of nitrogens with one attached hydrogen (secondary N) is 2. The average molecular weight is 451 g/mol. The summed E-state index contributed by atoms with van der Waals surface area (Å²) in [5, 5.41) is 5.93. The number of amidine groups is 1. The van der Waals surface area contributed by atoms with E-state index >= 15 is 0 Å². The Balaban J connectivity index is 1.28. The van der Waals surface area contributed by atoms with Gasteiger partial charge in [-0.1, -0.05) is 30.8 Å². The minimum absolute atomic E-state index is 0.0698. The number of thioether (sulfide) groups is 1. The lowest BCUT2D eigenvalue weighted by Crippen LogP contribution is -2.25. The molecule has 0 unspecified atom stereocenters. The van der Waals surface area contributed by atoms with Crippen LogP contribution in [0.3, 0.4) is 0 Å². The van der Waals surface area contributed by atoms with Gasteiger partial charge in [0, 0.05) is 36.4 Å². The highest BCUT2D eigenvalue weighted by molar-refractivity contribution is 8.15. The Morgan fingerprint density at radius 3 is 2.28 bits per heavy atom. The Morgan fingerprint density at radius 2 is 1.62 bits per heavy atom. The summed E-state index contributed by atoms with van der Waals surface area (Å²) in [5.41, 5.74) is 3.01. The fraction of sp³-hybridized carbons (Fsp3) is 0.333. The highest BCUT2D eigenvalue weighted by Gasteiger charge is 2.33. The van der Waals surface area contributed by atoms with Gasteiger partial charge in [0.05, 0.1) is 0 Å². The molecule has 0 aliphatic carbocycles. The largest absolute Gasteiger partial charge is 0.351 e. The molecule has 2 aliphatic rings. The lowest BCUT2D eigenvalue weighted by atomic mass is 10.1. The number of carbonyl (C=O) groups is 3. The molecule has 0 spiro atoms. The number of amides is 3. The maximum Gasteiger partial charge on any atom is 0.262 e. The second-order valence-corrected chi connectivity index (χ2v) is 9.04. The number of likely N-dealkylation sites (tertiary alicyclic amines) is 1. The first-order valence-corrected chi connectivity index (χ1v) is 11.7. The van der Waals surface area contributed by atoms with E-state index in [1.807, 2.05) is 24.3 Å². The van der Waals surface area contributed by atoms with E-state index in [2.05, 4.69) is 27.4 Å². The highest BCUT2D eigenvalue weighted by atomic mass is 32.2. The van der Waals surface area contributed by atoms with E-state index < -0.39 is 5.25 Å². The summed E-state index contributed by atoms with van der Waals surface area (Å²) in [4.78, 5) is 43.3. The summed E-state index contributed by atoms with van der Waals surface area (Å²) in [5.74, 6) is -0.709. The Hall–Kier alpha value is -3.13. The van der Waals surface area contributed by atoms with E-state index in [0.717, 1.165) is 43.2 Å². The maximum absolute atomic E-state index is 12.5. The number of hydrogen-bond acceptors (Lipinski definition) is 5. The van der Waals surface area contributed by atoms with Crippen LogP contribution in [0, 0.1) is 0 Å². The van der Waals surface area contributed by atoms with E-state index in [9.17, 15) is 14.4 Å². The molecule has 2 aromatic rings. The first-order valence-electron chi connectivity index (χ1n) is 10.9. The van der Waals surface area contributed by atoms with Crippen molar-refractivity contribution in [2.24, 2.45) is 4.99 Å². The molecule has 32 heavy (non-hydrogen) atoms. The van der Waals surface area contributed by atoms with Gasteiger partial charge in [0.1, 0.15) is 5.25 Å². The molecular formula is C24H26N4O3S. The molecule has 1 fully saturated rings. The molecule has 0 aromatic heterocycles. The summed E-state index contributed by atoms with van der Waals surface area (Å²) < 4.78 is 0. The second-order valence-electron chi connectivity index (χ2n) is 7.87. The SMILES string of the molecule is CCc1ccc(NC(=O)c2ccc(NC(=O)C[C@H]3SC(N4CCCC4)=NC3=O)cc2)cc1. The normalized spacial score (nSPS) is 17.9. The van der Waals surface area contributed by atoms with Crippen LogP contribution in [0.1, 0.15) is 42.1 Å². The Labute approximate surface area is 191 Å². The van der Waals surface area contributed by atoms with E-state index in [0.29, 0.717) is 11.3 Å². The lowest BCUT2D eigenvalue weighted by Gasteiger charge is -2.16. The Bertz CT molecular complexity index is 1030. The van der Waals surface area contributed by atoms with Gasteiger partial charge >= 0.3 is 0 Å². The highest BCUT2D eigenvalue weighted by Crippen LogP contribution is 2.29. The molecule has 4 rings (SSSR count). The number of anilines is 2. The molecule has 2 aromatic carbocycles. The van der Waals surface area contributed by atoms with Crippen molar-refractivity contribution >= 4 is 46.0 Å². The van der Waals surface area contributed by atoms with Gasteiger partial charge in [-0.3, -0.25) is 14.4 Å². The smallest absolute Gasteiger partial charge is 0.262 e. The summed E-state index contributed by atoms with van der Waals surface area (Å²) in [6.45, 7) is 3.92. The molecule has 8 heteroatoms. The number of aliphatic imine (C=N–C) groups is 1. The van der Waals surface area contributed by atoms with Crippen molar-refractivity contribution in [3.05, 3.63) is 59.7 Å². The van der Waals surface area contributed by atoms with Crippen molar-refractivity contribution in [1.82, 2.24) is 4.90 Å². The van der Waals surface area contributed by atoms with Crippen LogP contribution < -0.4 is 10.6 Å². The molecule has 7 nitrogen and oxygen atoms in total. The van der Waals surface area contributed by atoms with Crippen LogP contribution in [0.5, 0.6) is 0 Å². The molecule has 2 N–H and O–H groups in total. The van der Waals surface area contributed by atoms with Gasteiger partial charge in [0.25, 0.3) is 11.8 Å². The quantitative estimate of drug-likeness (QED) is 0.696. The molecule has 1 atom stereocenters. The molecule has 2 heterocycles. The van der Waals surface area contributed by atoms with Gasteiger partial charge < -0.3 is 15.5 Å².